The number of sulfonamides is 1. The van der Waals surface area contributed by atoms with E-state index >= 15 is 0 Å². The van der Waals surface area contributed by atoms with Gasteiger partial charge in [0.25, 0.3) is 0 Å². The molecule has 0 aliphatic carbocycles. The van der Waals surface area contributed by atoms with Crippen molar-refractivity contribution in [3.05, 3.63) is 36.0 Å². The summed E-state index contributed by atoms with van der Waals surface area (Å²) in [6, 6.07) is 6.20. The lowest BCUT2D eigenvalue weighted by Crippen LogP contribution is -2.35. The lowest BCUT2D eigenvalue weighted by atomic mass is 10.1. The van der Waals surface area contributed by atoms with Gasteiger partial charge in [0.1, 0.15) is 0 Å². The van der Waals surface area contributed by atoms with Crippen molar-refractivity contribution >= 4 is 20.9 Å². The fourth-order valence-corrected chi connectivity index (χ4v) is 3.32. The van der Waals surface area contributed by atoms with Crippen molar-refractivity contribution in [2.45, 2.75) is 24.8 Å². The van der Waals surface area contributed by atoms with Gasteiger partial charge in [0.2, 0.25) is 10.0 Å². The zero-order valence-corrected chi connectivity index (χ0v) is 11.6. The Morgan fingerprint density at radius 1 is 1.37 bits per heavy atom. The Labute approximate surface area is 112 Å². The molecular weight excluding hydrogens is 264 g/mol. The second kappa shape index (κ2) is 5.24. The third-order valence-electron chi connectivity index (χ3n) is 2.85. The average molecular weight is 280 g/mol. The molecule has 0 fully saturated rings. The minimum Gasteiger partial charge on any atom is -0.395 e. The maximum atomic E-state index is 12.3. The lowest BCUT2D eigenvalue weighted by Gasteiger charge is -2.13. The lowest BCUT2D eigenvalue weighted by molar-refractivity contribution is 0.265. The number of benzene rings is 1. The molecule has 2 rings (SSSR count). The van der Waals surface area contributed by atoms with E-state index in [0.29, 0.717) is 10.9 Å². The molecule has 0 amide bonds. The van der Waals surface area contributed by atoms with E-state index in [1.807, 2.05) is 6.92 Å². The van der Waals surface area contributed by atoms with E-state index in [0.717, 1.165) is 5.56 Å². The highest BCUT2D eigenvalue weighted by Crippen LogP contribution is 2.24. The van der Waals surface area contributed by atoms with E-state index in [4.69, 9.17) is 5.11 Å². The largest absolute Gasteiger partial charge is 0.395 e. The Hall–Kier alpha value is -1.50. The molecule has 0 bridgehead atoms. The van der Waals surface area contributed by atoms with Crippen LogP contribution in [-0.4, -0.2) is 31.2 Å². The second-order valence-corrected chi connectivity index (χ2v) is 6.17. The summed E-state index contributed by atoms with van der Waals surface area (Å²) in [5.41, 5.74) is 1.59. The summed E-state index contributed by atoms with van der Waals surface area (Å²) in [6.45, 7) is 3.24. The van der Waals surface area contributed by atoms with Crippen molar-refractivity contribution in [3.8, 4) is 0 Å². The van der Waals surface area contributed by atoms with E-state index in [-0.39, 0.29) is 11.5 Å². The number of hydrogen-bond donors (Lipinski definition) is 2. The van der Waals surface area contributed by atoms with E-state index in [1.54, 1.807) is 37.4 Å². The first-order valence-corrected chi connectivity index (χ1v) is 7.41. The Bertz CT molecular complexity index is 698. The number of aliphatic hydroxyl groups excluding tert-OH is 1. The number of fused-ring (bicyclic) bond motifs is 1. The van der Waals surface area contributed by atoms with Crippen molar-refractivity contribution in [1.29, 1.82) is 0 Å². The highest BCUT2D eigenvalue weighted by molar-refractivity contribution is 7.89. The van der Waals surface area contributed by atoms with Gasteiger partial charge in [0.15, 0.2) is 0 Å². The van der Waals surface area contributed by atoms with Gasteiger partial charge in [-0.3, -0.25) is 4.98 Å². The molecule has 0 aliphatic heterocycles. The van der Waals surface area contributed by atoms with Crippen LogP contribution in [0.5, 0.6) is 0 Å². The van der Waals surface area contributed by atoms with Gasteiger partial charge >= 0.3 is 0 Å². The van der Waals surface area contributed by atoms with Gasteiger partial charge in [-0.15, -0.1) is 0 Å². The number of aliphatic hydroxyl groups is 1. The van der Waals surface area contributed by atoms with Crippen LogP contribution in [0.4, 0.5) is 0 Å². The minimum atomic E-state index is -3.66. The van der Waals surface area contributed by atoms with Crippen LogP contribution >= 0.6 is 0 Å². The first-order valence-electron chi connectivity index (χ1n) is 5.93. The van der Waals surface area contributed by atoms with Crippen molar-refractivity contribution in [1.82, 2.24) is 9.71 Å². The van der Waals surface area contributed by atoms with Gasteiger partial charge in [-0.25, -0.2) is 13.1 Å². The van der Waals surface area contributed by atoms with Gasteiger partial charge in [-0.05, 0) is 37.6 Å². The maximum absolute atomic E-state index is 12.3. The number of nitrogens with zero attached hydrogens (tertiary/aromatic N) is 1. The standard InChI is InChI=1S/C13H16N2O3S/c1-9-5-6-12(11-4-3-7-14-13(9)11)19(17,18)15-10(2)8-16/h3-7,10,15-16H,8H2,1-2H3/t10-/m0/s1. The third kappa shape index (κ3) is 2.75. The molecule has 1 heterocycles. The number of aromatic nitrogens is 1. The summed E-state index contributed by atoms with van der Waals surface area (Å²) in [7, 11) is -3.66. The van der Waals surface area contributed by atoms with Crippen LogP contribution in [0.3, 0.4) is 0 Å². The zero-order valence-electron chi connectivity index (χ0n) is 10.8. The Kier molecular flexibility index (Phi) is 3.84. The van der Waals surface area contributed by atoms with Crippen LogP contribution in [0, 0.1) is 6.92 Å². The molecule has 1 atom stereocenters. The first-order chi connectivity index (χ1) is 8.95. The SMILES string of the molecule is Cc1ccc(S(=O)(=O)N[C@@H](C)CO)c2cccnc12. The molecule has 0 unspecified atom stereocenters. The average Bonchev–Trinajstić information content (AvgIpc) is 2.38. The summed E-state index contributed by atoms with van der Waals surface area (Å²) in [6.07, 6.45) is 1.63. The van der Waals surface area contributed by atoms with Crippen molar-refractivity contribution in [2.75, 3.05) is 6.61 Å². The van der Waals surface area contributed by atoms with Crippen LogP contribution < -0.4 is 4.72 Å². The molecule has 102 valence electrons. The van der Waals surface area contributed by atoms with Crippen LogP contribution in [0.15, 0.2) is 35.4 Å². The van der Waals surface area contributed by atoms with E-state index in [1.165, 1.54) is 0 Å². The van der Waals surface area contributed by atoms with Gasteiger partial charge in [-0.1, -0.05) is 6.07 Å². The van der Waals surface area contributed by atoms with Gasteiger partial charge in [0, 0.05) is 17.6 Å². The van der Waals surface area contributed by atoms with Crippen LogP contribution in [0.25, 0.3) is 10.9 Å². The Morgan fingerprint density at radius 2 is 2.11 bits per heavy atom. The highest BCUT2D eigenvalue weighted by atomic mass is 32.2. The van der Waals surface area contributed by atoms with Crippen LogP contribution in [0.2, 0.25) is 0 Å². The van der Waals surface area contributed by atoms with E-state index in [2.05, 4.69) is 9.71 Å². The molecule has 0 aliphatic rings. The molecule has 0 radical (unpaired) electrons. The topological polar surface area (TPSA) is 79.3 Å². The van der Waals surface area contributed by atoms with Gasteiger partial charge in [-0.2, -0.15) is 0 Å². The molecule has 19 heavy (non-hydrogen) atoms. The number of nitrogens with one attached hydrogen (secondary N) is 1. The Morgan fingerprint density at radius 3 is 2.79 bits per heavy atom. The van der Waals surface area contributed by atoms with Crippen LogP contribution in [-0.2, 0) is 10.0 Å². The number of aryl methyl sites for hydroxylation is 1. The third-order valence-corrected chi connectivity index (χ3v) is 4.50. The smallest absolute Gasteiger partial charge is 0.241 e. The minimum absolute atomic E-state index is 0.182. The van der Waals surface area contributed by atoms with Crippen LogP contribution in [0.1, 0.15) is 12.5 Å². The molecule has 2 aromatic rings. The number of hydrogen-bond acceptors (Lipinski definition) is 4. The number of pyridine rings is 1. The normalized spacial score (nSPS) is 13.6. The molecule has 0 saturated heterocycles. The molecule has 5 nitrogen and oxygen atoms in total. The quantitative estimate of drug-likeness (QED) is 0.882. The summed E-state index contributed by atoms with van der Waals surface area (Å²) in [5, 5.41) is 9.55. The molecule has 2 N–H and O–H groups in total. The maximum Gasteiger partial charge on any atom is 0.241 e. The summed E-state index contributed by atoms with van der Waals surface area (Å²) >= 11 is 0. The first kappa shape index (κ1) is 13.9. The van der Waals surface area contributed by atoms with Crippen molar-refractivity contribution < 1.29 is 13.5 Å². The molecule has 6 heteroatoms. The van der Waals surface area contributed by atoms with Crippen molar-refractivity contribution in [2.24, 2.45) is 0 Å². The summed E-state index contributed by atoms with van der Waals surface area (Å²) in [4.78, 5) is 4.39. The summed E-state index contributed by atoms with van der Waals surface area (Å²) < 4.78 is 27.0. The Balaban J connectivity index is 2.60. The second-order valence-electron chi connectivity index (χ2n) is 4.49. The zero-order chi connectivity index (χ0) is 14.0. The van der Waals surface area contributed by atoms with Gasteiger partial charge < -0.3 is 5.11 Å². The van der Waals surface area contributed by atoms with Gasteiger partial charge in [0.05, 0.1) is 17.0 Å². The molecular formula is C13H16N2O3S. The molecule has 1 aromatic carbocycles. The fraction of sp³-hybridized carbons (Fsp3) is 0.308. The molecule has 1 aromatic heterocycles. The monoisotopic (exact) mass is 280 g/mol. The number of rotatable bonds is 4. The van der Waals surface area contributed by atoms with Crippen molar-refractivity contribution in [3.63, 3.8) is 0 Å². The summed E-state index contributed by atoms with van der Waals surface area (Å²) in [5.74, 6) is 0. The molecule has 0 saturated carbocycles. The van der Waals surface area contributed by atoms with E-state index < -0.39 is 16.1 Å². The fourth-order valence-electron chi connectivity index (χ4n) is 1.89. The predicted octanol–water partition coefficient (Wildman–Crippen LogP) is 1.20. The molecule has 0 spiro atoms. The van der Waals surface area contributed by atoms with E-state index in [9.17, 15) is 8.42 Å². The highest BCUT2D eigenvalue weighted by Gasteiger charge is 2.20. The predicted molar refractivity (Wildman–Crippen MR) is 73.3 cm³/mol.